The van der Waals surface area contributed by atoms with Crippen molar-refractivity contribution in [2.45, 2.75) is 26.6 Å². The van der Waals surface area contributed by atoms with Crippen molar-refractivity contribution in [2.75, 3.05) is 24.2 Å². The Morgan fingerprint density at radius 1 is 1.20 bits per heavy atom. The van der Waals surface area contributed by atoms with Gasteiger partial charge in [0, 0.05) is 25.3 Å². The molecular weight excluding hydrogens is 383 g/mol. The predicted octanol–water partition coefficient (Wildman–Crippen LogP) is 2.20. The third-order valence-electron chi connectivity index (χ3n) is 3.25. The maximum Gasteiger partial charge on any atom is 0.416 e. The molecule has 0 aliphatic carbocycles. The SMILES string of the molecule is CCN(CC)S(=O)(=O)CC(=O)Nc1cc(CN)cc(C(F)(F)F)c1.Cl. The summed E-state index contributed by atoms with van der Waals surface area (Å²) in [5.74, 6) is -1.76. The summed E-state index contributed by atoms with van der Waals surface area (Å²) in [5.41, 5.74) is 4.42. The van der Waals surface area contributed by atoms with Gasteiger partial charge >= 0.3 is 6.18 Å². The zero-order valence-electron chi connectivity index (χ0n) is 13.8. The Balaban J connectivity index is 0.00000576. The number of nitrogens with two attached hydrogens (primary N) is 1. The molecule has 0 radical (unpaired) electrons. The van der Waals surface area contributed by atoms with Gasteiger partial charge in [-0.25, -0.2) is 12.7 Å². The standard InChI is InChI=1S/C14H20F3N3O3S.ClH/c1-3-20(4-2)24(22,23)9-13(21)19-12-6-10(8-18)5-11(7-12)14(15,16)17;/h5-7H,3-4,8-9,18H2,1-2H3,(H,19,21);1H. The van der Waals surface area contributed by atoms with Crippen molar-refractivity contribution in [2.24, 2.45) is 5.73 Å². The number of hydrogen-bond donors (Lipinski definition) is 2. The molecule has 0 saturated heterocycles. The lowest BCUT2D eigenvalue weighted by Crippen LogP contribution is -2.36. The molecule has 0 spiro atoms. The second-order valence-electron chi connectivity index (χ2n) is 5.01. The van der Waals surface area contributed by atoms with Crippen LogP contribution in [0.25, 0.3) is 0 Å². The summed E-state index contributed by atoms with van der Waals surface area (Å²) in [4.78, 5) is 11.9. The first kappa shape index (κ1) is 23.6. The lowest BCUT2D eigenvalue weighted by molar-refractivity contribution is -0.137. The fourth-order valence-corrected chi connectivity index (χ4v) is 3.49. The summed E-state index contributed by atoms with van der Waals surface area (Å²) in [7, 11) is -3.82. The summed E-state index contributed by atoms with van der Waals surface area (Å²) >= 11 is 0. The highest BCUT2D eigenvalue weighted by Gasteiger charge is 2.31. The minimum atomic E-state index is -4.60. The smallest absolute Gasteiger partial charge is 0.326 e. The fraction of sp³-hybridized carbons (Fsp3) is 0.500. The van der Waals surface area contributed by atoms with E-state index >= 15 is 0 Å². The minimum absolute atomic E-state index is 0. The van der Waals surface area contributed by atoms with Crippen molar-refractivity contribution >= 4 is 34.0 Å². The van der Waals surface area contributed by atoms with Crippen molar-refractivity contribution in [3.05, 3.63) is 29.3 Å². The first-order valence-corrected chi connectivity index (χ1v) is 8.83. The Kier molecular flexibility index (Phi) is 8.86. The molecule has 0 fully saturated rings. The molecule has 144 valence electrons. The zero-order chi connectivity index (χ0) is 18.5. The van der Waals surface area contributed by atoms with E-state index in [4.69, 9.17) is 5.73 Å². The van der Waals surface area contributed by atoms with E-state index in [0.717, 1.165) is 16.4 Å². The van der Waals surface area contributed by atoms with Crippen molar-refractivity contribution < 1.29 is 26.4 Å². The van der Waals surface area contributed by atoms with Gasteiger partial charge in [-0.1, -0.05) is 13.8 Å². The van der Waals surface area contributed by atoms with E-state index in [0.29, 0.717) is 0 Å². The predicted molar refractivity (Wildman–Crippen MR) is 91.9 cm³/mol. The molecule has 3 N–H and O–H groups in total. The molecule has 25 heavy (non-hydrogen) atoms. The third kappa shape index (κ3) is 6.81. The van der Waals surface area contributed by atoms with E-state index in [9.17, 15) is 26.4 Å². The van der Waals surface area contributed by atoms with Crippen LogP contribution >= 0.6 is 12.4 Å². The van der Waals surface area contributed by atoms with Crippen molar-refractivity contribution in [1.82, 2.24) is 4.31 Å². The van der Waals surface area contributed by atoms with E-state index < -0.39 is 33.4 Å². The molecule has 0 aliphatic heterocycles. The number of nitrogens with one attached hydrogen (secondary N) is 1. The van der Waals surface area contributed by atoms with E-state index in [1.807, 2.05) is 0 Å². The number of benzene rings is 1. The van der Waals surface area contributed by atoms with Gasteiger partial charge in [-0.3, -0.25) is 4.79 Å². The molecule has 11 heteroatoms. The molecule has 1 aromatic carbocycles. The number of sulfonamides is 1. The number of nitrogens with zero attached hydrogens (tertiary/aromatic N) is 1. The van der Waals surface area contributed by atoms with E-state index in [1.54, 1.807) is 13.8 Å². The van der Waals surface area contributed by atoms with Crippen LogP contribution in [0.1, 0.15) is 25.0 Å². The van der Waals surface area contributed by atoms with Gasteiger partial charge in [0.1, 0.15) is 5.75 Å². The Bertz CT molecular complexity index is 692. The number of halogens is 4. The molecule has 0 aromatic heterocycles. The highest BCUT2D eigenvalue weighted by Crippen LogP contribution is 2.32. The van der Waals surface area contributed by atoms with Gasteiger partial charge in [0.05, 0.1) is 5.56 Å². The van der Waals surface area contributed by atoms with Gasteiger partial charge in [0.15, 0.2) is 0 Å². The molecule has 0 unspecified atom stereocenters. The molecule has 6 nitrogen and oxygen atoms in total. The topological polar surface area (TPSA) is 92.5 Å². The Hall–Kier alpha value is -1.36. The van der Waals surface area contributed by atoms with Gasteiger partial charge in [-0.15, -0.1) is 12.4 Å². The van der Waals surface area contributed by atoms with Gasteiger partial charge in [-0.05, 0) is 23.8 Å². The summed E-state index contributed by atoms with van der Waals surface area (Å²) in [6.45, 7) is 3.50. The Morgan fingerprint density at radius 3 is 2.20 bits per heavy atom. The van der Waals surface area contributed by atoms with Gasteiger partial charge in [0.2, 0.25) is 15.9 Å². The number of alkyl halides is 3. The van der Waals surface area contributed by atoms with Crippen LogP contribution in [0.15, 0.2) is 18.2 Å². The van der Waals surface area contributed by atoms with Crippen LogP contribution in [0.3, 0.4) is 0 Å². The van der Waals surface area contributed by atoms with Crippen LogP contribution < -0.4 is 11.1 Å². The van der Waals surface area contributed by atoms with Gasteiger partial charge < -0.3 is 11.1 Å². The maximum atomic E-state index is 12.8. The highest BCUT2D eigenvalue weighted by molar-refractivity contribution is 7.89. The van der Waals surface area contributed by atoms with Crippen LogP contribution in [0.5, 0.6) is 0 Å². The van der Waals surface area contributed by atoms with Crippen LogP contribution in [0.2, 0.25) is 0 Å². The van der Waals surface area contributed by atoms with Crippen molar-refractivity contribution in [3.63, 3.8) is 0 Å². The zero-order valence-corrected chi connectivity index (χ0v) is 15.4. The van der Waals surface area contributed by atoms with Crippen LogP contribution in [0, 0.1) is 0 Å². The molecule has 1 rings (SSSR count). The second-order valence-corrected chi connectivity index (χ2v) is 6.98. The number of anilines is 1. The summed E-state index contributed by atoms with van der Waals surface area (Å²) < 4.78 is 63.6. The maximum absolute atomic E-state index is 12.8. The molecule has 1 amide bonds. The lowest BCUT2D eigenvalue weighted by atomic mass is 10.1. The summed E-state index contributed by atoms with van der Waals surface area (Å²) in [6.07, 6.45) is -4.60. The van der Waals surface area contributed by atoms with Crippen LogP contribution in [-0.4, -0.2) is 37.5 Å². The normalized spacial score (nSPS) is 12.0. The lowest BCUT2D eigenvalue weighted by Gasteiger charge is -2.18. The molecule has 0 atom stereocenters. The monoisotopic (exact) mass is 403 g/mol. The second kappa shape index (κ2) is 9.37. The van der Waals surface area contributed by atoms with Crippen molar-refractivity contribution in [1.29, 1.82) is 0 Å². The van der Waals surface area contributed by atoms with E-state index in [1.165, 1.54) is 6.07 Å². The molecule has 1 aromatic rings. The molecule has 0 aliphatic rings. The Labute approximate surface area is 151 Å². The summed E-state index contributed by atoms with van der Waals surface area (Å²) in [6, 6.07) is 2.89. The molecule has 0 heterocycles. The minimum Gasteiger partial charge on any atom is -0.326 e. The van der Waals surface area contributed by atoms with Crippen LogP contribution in [0.4, 0.5) is 18.9 Å². The van der Waals surface area contributed by atoms with E-state index in [2.05, 4.69) is 5.32 Å². The number of carbonyl (C=O) groups excluding carboxylic acids is 1. The van der Waals surface area contributed by atoms with Crippen LogP contribution in [-0.2, 0) is 27.5 Å². The number of carbonyl (C=O) groups is 1. The van der Waals surface area contributed by atoms with E-state index in [-0.39, 0.29) is 43.3 Å². The van der Waals surface area contributed by atoms with Gasteiger partial charge in [0.25, 0.3) is 0 Å². The largest absolute Gasteiger partial charge is 0.416 e. The highest BCUT2D eigenvalue weighted by atomic mass is 35.5. The third-order valence-corrected chi connectivity index (χ3v) is 5.18. The number of amides is 1. The first-order valence-electron chi connectivity index (χ1n) is 7.22. The molecule has 0 saturated carbocycles. The number of rotatable bonds is 7. The summed E-state index contributed by atoms with van der Waals surface area (Å²) in [5, 5.41) is 2.19. The first-order chi connectivity index (χ1) is 11.0. The average Bonchev–Trinajstić information content (AvgIpc) is 2.45. The molecular formula is C14H21ClF3N3O3S. The van der Waals surface area contributed by atoms with Gasteiger partial charge in [-0.2, -0.15) is 13.2 Å². The number of hydrogen-bond acceptors (Lipinski definition) is 4. The quantitative estimate of drug-likeness (QED) is 0.730. The van der Waals surface area contributed by atoms with Crippen molar-refractivity contribution in [3.8, 4) is 0 Å². The molecule has 0 bridgehead atoms. The average molecular weight is 404 g/mol. The fourth-order valence-electron chi connectivity index (χ4n) is 2.12. The Morgan fingerprint density at radius 2 is 1.76 bits per heavy atom.